The van der Waals surface area contributed by atoms with Crippen molar-refractivity contribution in [3.05, 3.63) is 35.9 Å². The molecule has 0 spiro atoms. The molecule has 0 saturated carbocycles. The van der Waals surface area contributed by atoms with Crippen LogP contribution >= 0.6 is 0 Å². The number of hydrogen-bond donors (Lipinski definition) is 1. The zero-order valence-electron chi connectivity index (χ0n) is 11.2. The lowest BCUT2D eigenvalue weighted by atomic mass is 10.1. The maximum absolute atomic E-state index is 13.5. The number of methoxy groups -OCH3 is 1. The molecular formula is C14H16FN3O. The van der Waals surface area contributed by atoms with Crippen LogP contribution in [0.4, 0.5) is 10.2 Å². The van der Waals surface area contributed by atoms with E-state index in [1.807, 2.05) is 19.9 Å². The quantitative estimate of drug-likeness (QED) is 0.919. The number of aryl methyl sites for hydroxylation is 1. The van der Waals surface area contributed by atoms with E-state index in [-0.39, 0.29) is 5.82 Å². The van der Waals surface area contributed by atoms with E-state index in [1.165, 1.54) is 18.5 Å². The number of rotatable bonds is 4. The number of halogens is 1. The van der Waals surface area contributed by atoms with Crippen LogP contribution in [0.5, 0.6) is 5.75 Å². The van der Waals surface area contributed by atoms with Crippen molar-refractivity contribution >= 4 is 5.82 Å². The van der Waals surface area contributed by atoms with Gasteiger partial charge < -0.3 is 10.1 Å². The lowest BCUT2D eigenvalue weighted by Crippen LogP contribution is -2.04. The van der Waals surface area contributed by atoms with Gasteiger partial charge in [-0.2, -0.15) is 0 Å². The largest absolute Gasteiger partial charge is 0.491 e. The maximum atomic E-state index is 13.5. The second kappa shape index (κ2) is 5.65. The number of anilines is 1. The Bertz CT molecular complexity index is 567. The van der Waals surface area contributed by atoms with E-state index in [1.54, 1.807) is 7.11 Å². The summed E-state index contributed by atoms with van der Waals surface area (Å²) in [6, 6.07) is 4.78. The van der Waals surface area contributed by atoms with Gasteiger partial charge in [-0.3, -0.25) is 0 Å². The van der Waals surface area contributed by atoms with Crippen molar-refractivity contribution in [1.82, 2.24) is 9.97 Å². The summed E-state index contributed by atoms with van der Waals surface area (Å²) in [4.78, 5) is 8.33. The first kappa shape index (κ1) is 13.3. The molecule has 1 N–H and O–H groups in total. The summed E-state index contributed by atoms with van der Waals surface area (Å²) >= 11 is 0. The highest BCUT2D eigenvalue weighted by atomic mass is 19.1. The molecule has 4 nitrogen and oxygen atoms in total. The Morgan fingerprint density at radius 2 is 2.05 bits per heavy atom. The summed E-state index contributed by atoms with van der Waals surface area (Å²) < 4.78 is 18.9. The Kier molecular flexibility index (Phi) is 3.94. The lowest BCUT2D eigenvalue weighted by molar-refractivity contribution is 0.414. The Labute approximate surface area is 111 Å². The molecule has 1 heterocycles. The second-order valence-electron chi connectivity index (χ2n) is 4.15. The van der Waals surface area contributed by atoms with Crippen molar-refractivity contribution in [2.45, 2.75) is 13.8 Å². The molecule has 2 rings (SSSR count). The van der Waals surface area contributed by atoms with Crippen molar-refractivity contribution in [3.63, 3.8) is 0 Å². The van der Waals surface area contributed by atoms with Gasteiger partial charge in [0.05, 0.1) is 7.11 Å². The molecule has 0 atom stereocenters. The highest BCUT2D eigenvalue weighted by Crippen LogP contribution is 2.33. The van der Waals surface area contributed by atoms with E-state index in [9.17, 15) is 4.39 Å². The van der Waals surface area contributed by atoms with Gasteiger partial charge in [-0.05, 0) is 37.6 Å². The highest BCUT2D eigenvalue weighted by molar-refractivity contribution is 5.72. The van der Waals surface area contributed by atoms with Gasteiger partial charge in [0.15, 0.2) is 11.6 Å². The van der Waals surface area contributed by atoms with E-state index >= 15 is 0 Å². The van der Waals surface area contributed by atoms with E-state index in [0.29, 0.717) is 22.8 Å². The molecule has 0 amide bonds. The zero-order chi connectivity index (χ0) is 13.8. The molecule has 0 aliphatic carbocycles. The maximum Gasteiger partial charge on any atom is 0.187 e. The Morgan fingerprint density at radius 3 is 2.68 bits per heavy atom. The lowest BCUT2D eigenvalue weighted by Gasteiger charge is -2.12. The van der Waals surface area contributed by atoms with Crippen molar-refractivity contribution in [1.29, 1.82) is 0 Å². The minimum absolute atomic E-state index is 0.291. The van der Waals surface area contributed by atoms with Crippen LogP contribution in [0.1, 0.15) is 12.5 Å². The Balaban J connectivity index is 2.57. The predicted molar refractivity (Wildman–Crippen MR) is 72.9 cm³/mol. The van der Waals surface area contributed by atoms with Crippen LogP contribution < -0.4 is 10.1 Å². The van der Waals surface area contributed by atoms with Crippen molar-refractivity contribution in [2.75, 3.05) is 19.0 Å². The van der Waals surface area contributed by atoms with Crippen LogP contribution in [-0.4, -0.2) is 23.6 Å². The summed E-state index contributed by atoms with van der Waals surface area (Å²) in [5, 5.41) is 3.10. The third kappa shape index (κ3) is 2.81. The van der Waals surface area contributed by atoms with Gasteiger partial charge in [0.2, 0.25) is 0 Å². The molecule has 1 aromatic carbocycles. The van der Waals surface area contributed by atoms with Crippen molar-refractivity contribution < 1.29 is 9.13 Å². The molecule has 100 valence electrons. The molecule has 5 heteroatoms. The fourth-order valence-electron chi connectivity index (χ4n) is 1.94. The number of nitrogens with zero attached hydrogens (tertiary/aromatic N) is 2. The van der Waals surface area contributed by atoms with E-state index in [4.69, 9.17) is 4.74 Å². The first-order chi connectivity index (χ1) is 9.15. The van der Waals surface area contributed by atoms with E-state index in [2.05, 4.69) is 15.3 Å². The molecule has 19 heavy (non-hydrogen) atoms. The van der Waals surface area contributed by atoms with Crippen molar-refractivity contribution in [2.24, 2.45) is 0 Å². The Hall–Kier alpha value is -2.17. The van der Waals surface area contributed by atoms with Crippen molar-refractivity contribution in [3.8, 4) is 17.0 Å². The normalized spacial score (nSPS) is 10.3. The number of aromatic nitrogens is 2. The molecule has 0 fully saturated rings. The third-order valence-electron chi connectivity index (χ3n) is 2.67. The molecular weight excluding hydrogens is 245 g/mol. The van der Waals surface area contributed by atoms with Gasteiger partial charge in [-0.15, -0.1) is 0 Å². The van der Waals surface area contributed by atoms with Gasteiger partial charge in [0.1, 0.15) is 17.8 Å². The predicted octanol–water partition coefficient (Wildman–Crippen LogP) is 3.03. The molecule has 0 saturated heterocycles. The topological polar surface area (TPSA) is 47.0 Å². The van der Waals surface area contributed by atoms with Crippen LogP contribution in [0.3, 0.4) is 0 Å². The molecule has 0 unspecified atom stereocenters. The number of benzene rings is 1. The van der Waals surface area contributed by atoms with Gasteiger partial charge >= 0.3 is 0 Å². The average molecular weight is 261 g/mol. The smallest absolute Gasteiger partial charge is 0.187 e. The fraction of sp³-hybridized carbons (Fsp3) is 0.286. The summed E-state index contributed by atoms with van der Waals surface area (Å²) in [7, 11) is 1.55. The monoisotopic (exact) mass is 261 g/mol. The summed E-state index contributed by atoms with van der Waals surface area (Å²) in [5.74, 6) is 0.840. The first-order valence-corrected chi connectivity index (χ1v) is 6.06. The van der Waals surface area contributed by atoms with E-state index < -0.39 is 0 Å². The average Bonchev–Trinajstić information content (AvgIpc) is 2.37. The molecule has 1 aromatic heterocycles. The standard InChI is InChI=1S/C14H16FN3O/c1-4-16-14-13(19-3)12(17-8-18-14)10-5-9(2)6-11(15)7-10/h5-8H,4H2,1-3H3,(H,16,17,18). The minimum Gasteiger partial charge on any atom is -0.491 e. The van der Waals surface area contributed by atoms with Crippen LogP contribution in [0.15, 0.2) is 24.5 Å². The number of hydrogen-bond acceptors (Lipinski definition) is 4. The SMILES string of the molecule is CCNc1ncnc(-c2cc(C)cc(F)c2)c1OC. The molecule has 0 aliphatic heterocycles. The minimum atomic E-state index is -0.291. The van der Waals surface area contributed by atoms with Crippen LogP contribution in [-0.2, 0) is 0 Å². The highest BCUT2D eigenvalue weighted by Gasteiger charge is 2.14. The summed E-state index contributed by atoms with van der Waals surface area (Å²) in [6.45, 7) is 4.52. The molecule has 0 bridgehead atoms. The van der Waals surface area contributed by atoms with Gasteiger partial charge in [-0.1, -0.05) is 0 Å². The van der Waals surface area contributed by atoms with Crippen LogP contribution in [0, 0.1) is 12.7 Å². The fourth-order valence-corrected chi connectivity index (χ4v) is 1.94. The first-order valence-electron chi connectivity index (χ1n) is 6.06. The number of ether oxygens (including phenoxy) is 1. The van der Waals surface area contributed by atoms with Gasteiger partial charge in [-0.25, -0.2) is 14.4 Å². The molecule has 2 aromatic rings. The number of nitrogens with one attached hydrogen (secondary N) is 1. The summed E-state index contributed by atoms with van der Waals surface area (Å²) in [5.41, 5.74) is 2.09. The summed E-state index contributed by atoms with van der Waals surface area (Å²) in [6.07, 6.45) is 1.44. The van der Waals surface area contributed by atoms with Gasteiger partial charge in [0, 0.05) is 12.1 Å². The molecule has 0 aliphatic rings. The van der Waals surface area contributed by atoms with Gasteiger partial charge in [0.25, 0.3) is 0 Å². The Morgan fingerprint density at radius 1 is 1.26 bits per heavy atom. The second-order valence-corrected chi connectivity index (χ2v) is 4.15. The van der Waals surface area contributed by atoms with Crippen LogP contribution in [0.2, 0.25) is 0 Å². The van der Waals surface area contributed by atoms with Crippen LogP contribution in [0.25, 0.3) is 11.3 Å². The zero-order valence-corrected chi connectivity index (χ0v) is 11.2. The molecule has 0 radical (unpaired) electrons. The third-order valence-corrected chi connectivity index (χ3v) is 2.67. The van der Waals surface area contributed by atoms with E-state index in [0.717, 1.165) is 12.1 Å².